The molecule has 0 bridgehead atoms. The third-order valence-corrected chi connectivity index (χ3v) is 5.64. The summed E-state index contributed by atoms with van der Waals surface area (Å²) in [4.78, 5) is 8.33. The van der Waals surface area contributed by atoms with Crippen LogP contribution in [0.3, 0.4) is 0 Å². The van der Waals surface area contributed by atoms with Crippen molar-refractivity contribution in [1.82, 2.24) is 15.5 Å². The molecule has 5 nitrogen and oxygen atoms in total. The van der Waals surface area contributed by atoms with Crippen molar-refractivity contribution in [3.05, 3.63) is 22.4 Å². The molecule has 2 rings (SSSR count). The first-order valence-electron chi connectivity index (χ1n) is 9.57. The first kappa shape index (κ1) is 23.7. The number of unbranched alkanes of at least 4 members (excludes halogenated alkanes) is 2. The zero-order chi connectivity index (χ0) is 17.9. The van der Waals surface area contributed by atoms with Crippen molar-refractivity contribution in [1.29, 1.82) is 0 Å². The maximum atomic E-state index is 5.52. The number of rotatable bonds is 9. The van der Waals surface area contributed by atoms with Gasteiger partial charge in [-0.3, -0.25) is 9.89 Å². The summed E-state index contributed by atoms with van der Waals surface area (Å²) in [5.74, 6) is 0.902. The highest BCUT2D eigenvalue weighted by atomic mass is 127. The summed E-state index contributed by atoms with van der Waals surface area (Å²) in [5, 5.41) is 9.23. The Kier molecular flexibility index (Phi) is 12.5. The standard InChI is InChI=1S/C19H34N4OS.HI/c1-4-5-6-8-16(2)22-19(20-3)21-15-17(18-9-7-14-25-18)23-10-12-24-13-11-23;/h7,9,14,16-17H,4-6,8,10-13,15H2,1-3H3,(H2,20,21,22);1H. The largest absolute Gasteiger partial charge is 0.379 e. The van der Waals surface area contributed by atoms with E-state index in [1.807, 2.05) is 18.4 Å². The number of morpholine rings is 1. The van der Waals surface area contributed by atoms with Crippen LogP contribution in [-0.4, -0.2) is 56.8 Å². The molecule has 0 amide bonds. The van der Waals surface area contributed by atoms with Crippen molar-refractivity contribution < 1.29 is 4.74 Å². The predicted molar refractivity (Wildman–Crippen MR) is 123 cm³/mol. The van der Waals surface area contributed by atoms with Crippen LogP contribution in [0, 0.1) is 0 Å². The number of thiophene rings is 1. The topological polar surface area (TPSA) is 48.9 Å². The van der Waals surface area contributed by atoms with Crippen molar-refractivity contribution in [3.8, 4) is 0 Å². The van der Waals surface area contributed by atoms with Gasteiger partial charge in [0.2, 0.25) is 0 Å². The fourth-order valence-electron chi connectivity index (χ4n) is 3.17. The van der Waals surface area contributed by atoms with E-state index in [-0.39, 0.29) is 24.0 Å². The van der Waals surface area contributed by atoms with Gasteiger partial charge in [0.05, 0.1) is 19.3 Å². The van der Waals surface area contributed by atoms with E-state index in [1.165, 1.54) is 30.6 Å². The average molecular weight is 494 g/mol. The molecule has 1 aromatic heterocycles. The minimum Gasteiger partial charge on any atom is -0.379 e. The van der Waals surface area contributed by atoms with E-state index < -0.39 is 0 Å². The van der Waals surface area contributed by atoms with Gasteiger partial charge in [-0.15, -0.1) is 35.3 Å². The summed E-state index contributed by atoms with van der Waals surface area (Å²) in [5.41, 5.74) is 0. The quantitative estimate of drug-likeness (QED) is 0.237. The van der Waals surface area contributed by atoms with E-state index >= 15 is 0 Å². The van der Waals surface area contributed by atoms with Gasteiger partial charge >= 0.3 is 0 Å². The number of nitrogens with zero attached hydrogens (tertiary/aromatic N) is 2. The van der Waals surface area contributed by atoms with Gasteiger partial charge in [0.1, 0.15) is 0 Å². The van der Waals surface area contributed by atoms with E-state index in [9.17, 15) is 0 Å². The maximum Gasteiger partial charge on any atom is 0.191 e. The number of guanidine groups is 1. The lowest BCUT2D eigenvalue weighted by molar-refractivity contribution is 0.0177. The summed E-state index contributed by atoms with van der Waals surface area (Å²) in [6.07, 6.45) is 5.02. The highest BCUT2D eigenvalue weighted by Crippen LogP contribution is 2.25. The molecule has 7 heteroatoms. The Morgan fingerprint density at radius 2 is 2.12 bits per heavy atom. The Morgan fingerprint density at radius 1 is 1.35 bits per heavy atom. The lowest BCUT2D eigenvalue weighted by Gasteiger charge is -2.34. The molecule has 2 heterocycles. The van der Waals surface area contributed by atoms with Crippen LogP contribution in [-0.2, 0) is 4.74 Å². The van der Waals surface area contributed by atoms with Crippen LogP contribution < -0.4 is 10.6 Å². The van der Waals surface area contributed by atoms with Gasteiger partial charge in [-0.25, -0.2) is 0 Å². The lowest BCUT2D eigenvalue weighted by atomic mass is 10.1. The van der Waals surface area contributed by atoms with Gasteiger partial charge in [0.15, 0.2) is 5.96 Å². The Balaban J connectivity index is 0.00000338. The van der Waals surface area contributed by atoms with Gasteiger partial charge < -0.3 is 15.4 Å². The number of hydrogen-bond acceptors (Lipinski definition) is 4. The predicted octanol–water partition coefficient (Wildman–Crippen LogP) is 3.87. The Hall–Kier alpha value is -0.380. The van der Waals surface area contributed by atoms with Gasteiger partial charge in [-0.05, 0) is 24.8 Å². The Labute approximate surface area is 180 Å². The Morgan fingerprint density at radius 3 is 2.73 bits per heavy atom. The first-order valence-corrected chi connectivity index (χ1v) is 10.4. The number of hydrogen-bond donors (Lipinski definition) is 2. The van der Waals surface area contributed by atoms with Crippen LogP contribution in [0.1, 0.15) is 50.4 Å². The highest BCUT2D eigenvalue weighted by Gasteiger charge is 2.23. The number of halogens is 1. The molecule has 1 aliphatic rings. The number of nitrogens with one attached hydrogen (secondary N) is 2. The van der Waals surface area contributed by atoms with Crippen molar-refractivity contribution >= 4 is 41.3 Å². The van der Waals surface area contributed by atoms with Crippen LogP contribution in [0.2, 0.25) is 0 Å². The third-order valence-electron chi connectivity index (χ3n) is 4.67. The molecule has 2 unspecified atom stereocenters. The van der Waals surface area contributed by atoms with Crippen LogP contribution >= 0.6 is 35.3 Å². The second kappa shape index (κ2) is 13.7. The van der Waals surface area contributed by atoms with E-state index in [0.29, 0.717) is 12.1 Å². The second-order valence-corrected chi connectivity index (χ2v) is 7.65. The van der Waals surface area contributed by atoms with Crippen molar-refractivity contribution in [2.45, 2.75) is 51.6 Å². The minimum atomic E-state index is 0. The van der Waals surface area contributed by atoms with E-state index in [2.05, 4.69) is 51.9 Å². The van der Waals surface area contributed by atoms with E-state index in [0.717, 1.165) is 38.8 Å². The lowest BCUT2D eigenvalue weighted by Crippen LogP contribution is -2.47. The smallest absolute Gasteiger partial charge is 0.191 e. The SMILES string of the molecule is CCCCCC(C)NC(=NC)NCC(c1cccs1)N1CCOCC1.I. The highest BCUT2D eigenvalue weighted by molar-refractivity contribution is 14.0. The van der Waals surface area contributed by atoms with Gasteiger partial charge in [0.25, 0.3) is 0 Å². The second-order valence-electron chi connectivity index (χ2n) is 6.67. The molecule has 1 saturated heterocycles. The van der Waals surface area contributed by atoms with Gasteiger partial charge in [-0.2, -0.15) is 0 Å². The van der Waals surface area contributed by atoms with Crippen molar-refractivity contribution in [2.75, 3.05) is 39.9 Å². The molecule has 1 fully saturated rings. The molecule has 1 aliphatic heterocycles. The molecule has 0 radical (unpaired) electrons. The van der Waals surface area contributed by atoms with Crippen molar-refractivity contribution in [3.63, 3.8) is 0 Å². The molecule has 0 aromatic carbocycles. The molecule has 0 saturated carbocycles. The number of ether oxygens (including phenoxy) is 1. The molecule has 0 aliphatic carbocycles. The molecule has 150 valence electrons. The summed E-state index contributed by atoms with van der Waals surface area (Å²) in [6.45, 7) is 8.97. The summed E-state index contributed by atoms with van der Waals surface area (Å²) >= 11 is 1.83. The molecule has 0 spiro atoms. The molecular formula is C19H35IN4OS. The molecule has 2 atom stereocenters. The van der Waals surface area contributed by atoms with Gasteiger partial charge in [-0.1, -0.05) is 32.3 Å². The number of aliphatic imine (C=N–C) groups is 1. The first-order chi connectivity index (χ1) is 12.2. The monoisotopic (exact) mass is 494 g/mol. The zero-order valence-electron chi connectivity index (χ0n) is 16.4. The average Bonchev–Trinajstić information content (AvgIpc) is 3.16. The van der Waals surface area contributed by atoms with E-state index in [1.54, 1.807) is 0 Å². The molecular weight excluding hydrogens is 459 g/mol. The summed E-state index contributed by atoms with van der Waals surface area (Å²) in [7, 11) is 1.85. The fourth-order valence-corrected chi connectivity index (χ4v) is 4.03. The normalized spacial score (nSPS) is 18.0. The van der Waals surface area contributed by atoms with Crippen LogP contribution in [0.5, 0.6) is 0 Å². The molecule has 26 heavy (non-hydrogen) atoms. The Bertz CT molecular complexity index is 492. The summed E-state index contributed by atoms with van der Waals surface area (Å²) < 4.78 is 5.52. The van der Waals surface area contributed by atoms with Gasteiger partial charge in [0, 0.05) is 37.6 Å². The van der Waals surface area contributed by atoms with E-state index in [4.69, 9.17) is 4.74 Å². The third kappa shape index (κ3) is 8.10. The summed E-state index contributed by atoms with van der Waals surface area (Å²) in [6, 6.07) is 5.19. The van der Waals surface area contributed by atoms with Crippen LogP contribution in [0.4, 0.5) is 0 Å². The molecule has 1 aromatic rings. The van der Waals surface area contributed by atoms with Crippen LogP contribution in [0.25, 0.3) is 0 Å². The fraction of sp³-hybridized carbons (Fsp3) is 0.737. The van der Waals surface area contributed by atoms with Crippen LogP contribution in [0.15, 0.2) is 22.5 Å². The minimum absolute atomic E-state index is 0. The molecule has 2 N–H and O–H groups in total. The zero-order valence-corrected chi connectivity index (χ0v) is 19.5. The van der Waals surface area contributed by atoms with Crippen molar-refractivity contribution in [2.24, 2.45) is 4.99 Å². The maximum absolute atomic E-state index is 5.52.